The molecule has 2 aromatic heterocycles. The van der Waals surface area contributed by atoms with Crippen molar-refractivity contribution in [2.24, 2.45) is 0 Å². The molecular weight excluding hydrogens is 533 g/mol. The van der Waals surface area contributed by atoms with Crippen molar-refractivity contribution in [2.45, 2.75) is 6.04 Å². The molecule has 1 aliphatic heterocycles. The van der Waals surface area contributed by atoms with E-state index in [0.717, 1.165) is 15.8 Å². The van der Waals surface area contributed by atoms with Gasteiger partial charge in [0, 0.05) is 22.4 Å². The average molecular weight is 545 g/mol. The molecule has 33 heavy (non-hydrogen) atoms. The molecule has 1 unspecified atom stereocenters. The second-order valence-electron chi connectivity index (χ2n) is 7.19. The lowest BCUT2D eigenvalue weighted by Crippen LogP contribution is -2.29. The summed E-state index contributed by atoms with van der Waals surface area (Å²) in [5, 5.41) is 11.2. The zero-order valence-electron chi connectivity index (χ0n) is 16.5. The Morgan fingerprint density at radius 2 is 1.82 bits per heavy atom. The molecule has 5 rings (SSSR count). The van der Waals surface area contributed by atoms with Gasteiger partial charge >= 0.3 is 5.91 Å². The molecule has 4 aromatic rings. The van der Waals surface area contributed by atoms with Crippen LogP contribution in [0.4, 0.5) is 9.52 Å². The summed E-state index contributed by atoms with van der Waals surface area (Å²) >= 11 is 10.3. The highest BCUT2D eigenvalue weighted by molar-refractivity contribution is 9.10. The quantitative estimate of drug-likeness (QED) is 0.198. The number of anilines is 1. The van der Waals surface area contributed by atoms with E-state index in [1.54, 1.807) is 36.4 Å². The Morgan fingerprint density at radius 1 is 1.12 bits per heavy atom. The summed E-state index contributed by atoms with van der Waals surface area (Å²) in [4.78, 5) is 36.0. The zero-order chi connectivity index (χ0) is 23.3. The second kappa shape index (κ2) is 8.33. The van der Waals surface area contributed by atoms with Gasteiger partial charge in [-0.05, 0) is 42.0 Å². The normalized spacial score (nSPS) is 17.8. The van der Waals surface area contributed by atoms with Crippen LogP contribution >= 0.6 is 38.9 Å². The molecule has 6 nitrogen and oxygen atoms in total. The van der Waals surface area contributed by atoms with Crippen LogP contribution in [-0.2, 0) is 9.59 Å². The molecule has 1 N–H and O–H groups in total. The van der Waals surface area contributed by atoms with E-state index in [1.165, 1.54) is 29.4 Å². The van der Waals surface area contributed by atoms with Crippen molar-refractivity contribution in [3.05, 3.63) is 92.9 Å². The Hall–Kier alpha value is -3.14. The largest absolute Gasteiger partial charge is 0.507 e. The number of carbonyl (C=O) groups excluding carboxylic acids is 2. The first-order chi connectivity index (χ1) is 15.8. The number of halogens is 3. The first kappa shape index (κ1) is 21.7. The van der Waals surface area contributed by atoms with Gasteiger partial charge in [-0.2, -0.15) is 0 Å². The number of aliphatic hydroxyl groups excluding tert-OH is 1. The Balaban J connectivity index is 1.72. The minimum atomic E-state index is -0.947. The Labute approximate surface area is 204 Å². The monoisotopic (exact) mass is 543 g/mol. The van der Waals surface area contributed by atoms with Crippen molar-refractivity contribution in [1.29, 1.82) is 0 Å². The SMILES string of the molecule is O=C1C(=O)N(c2nc3cc(Cl)c(F)cc3s2)C(c2ccncc2)/C1=C(\O)c1ccc(Br)cc1. The third-order valence-electron chi connectivity index (χ3n) is 5.21. The molecule has 0 aliphatic carbocycles. The Bertz CT molecular complexity index is 1420. The number of Topliss-reactive ketones (excluding diaryl/α,β-unsaturated/α-hetero) is 1. The molecule has 1 aliphatic rings. The van der Waals surface area contributed by atoms with E-state index in [1.807, 2.05) is 0 Å². The smallest absolute Gasteiger partial charge is 0.301 e. The number of amides is 1. The molecule has 1 fully saturated rings. The van der Waals surface area contributed by atoms with Crippen molar-refractivity contribution in [1.82, 2.24) is 9.97 Å². The Kier molecular flexibility index (Phi) is 5.48. The van der Waals surface area contributed by atoms with Gasteiger partial charge in [-0.3, -0.25) is 19.5 Å². The summed E-state index contributed by atoms with van der Waals surface area (Å²) in [5.41, 5.74) is 1.27. The number of hydrogen-bond donors (Lipinski definition) is 1. The number of pyridine rings is 1. The minimum Gasteiger partial charge on any atom is -0.507 e. The summed E-state index contributed by atoms with van der Waals surface area (Å²) in [6.45, 7) is 0. The van der Waals surface area contributed by atoms with Gasteiger partial charge in [-0.1, -0.05) is 51.0 Å². The number of hydrogen-bond acceptors (Lipinski definition) is 6. The van der Waals surface area contributed by atoms with Crippen LogP contribution in [0.15, 0.2) is 71.0 Å². The molecule has 1 atom stereocenters. The maximum Gasteiger partial charge on any atom is 0.301 e. The van der Waals surface area contributed by atoms with Crippen LogP contribution in [0.2, 0.25) is 5.02 Å². The van der Waals surface area contributed by atoms with E-state index < -0.39 is 23.5 Å². The highest BCUT2D eigenvalue weighted by atomic mass is 79.9. The van der Waals surface area contributed by atoms with Gasteiger partial charge in [0.25, 0.3) is 5.78 Å². The molecule has 1 saturated heterocycles. The highest BCUT2D eigenvalue weighted by Gasteiger charge is 2.48. The summed E-state index contributed by atoms with van der Waals surface area (Å²) < 4.78 is 15.2. The number of thiazole rings is 1. The van der Waals surface area contributed by atoms with Crippen molar-refractivity contribution in [2.75, 3.05) is 4.90 Å². The highest BCUT2D eigenvalue weighted by Crippen LogP contribution is 2.44. The van der Waals surface area contributed by atoms with Crippen molar-refractivity contribution < 1.29 is 19.1 Å². The first-order valence-corrected chi connectivity index (χ1v) is 11.6. The number of benzene rings is 2. The van der Waals surface area contributed by atoms with Crippen LogP contribution in [0.1, 0.15) is 17.2 Å². The van der Waals surface area contributed by atoms with Crippen molar-refractivity contribution >= 4 is 71.7 Å². The lowest BCUT2D eigenvalue weighted by atomic mass is 9.96. The van der Waals surface area contributed by atoms with E-state index in [9.17, 15) is 19.1 Å². The molecule has 0 bridgehead atoms. The van der Waals surface area contributed by atoms with Gasteiger partial charge in [0.1, 0.15) is 11.6 Å². The van der Waals surface area contributed by atoms with Crippen molar-refractivity contribution in [3.63, 3.8) is 0 Å². The van der Waals surface area contributed by atoms with Crippen LogP contribution in [0.5, 0.6) is 0 Å². The van der Waals surface area contributed by atoms with Gasteiger partial charge in [0.2, 0.25) is 0 Å². The van der Waals surface area contributed by atoms with Crippen LogP contribution in [-0.4, -0.2) is 26.8 Å². The molecular formula is C23H12BrClFN3O3S. The summed E-state index contributed by atoms with van der Waals surface area (Å²) in [5.74, 6) is -2.61. The fourth-order valence-corrected chi connectivity index (χ4v) is 5.09. The molecule has 1 amide bonds. The van der Waals surface area contributed by atoms with Crippen molar-refractivity contribution in [3.8, 4) is 0 Å². The molecule has 3 heterocycles. The molecule has 2 aromatic carbocycles. The predicted molar refractivity (Wildman–Crippen MR) is 128 cm³/mol. The molecule has 0 radical (unpaired) electrons. The van der Waals surface area contributed by atoms with E-state index >= 15 is 0 Å². The predicted octanol–water partition coefficient (Wildman–Crippen LogP) is 5.87. The number of ketones is 1. The maximum atomic E-state index is 14.0. The zero-order valence-corrected chi connectivity index (χ0v) is 19.7. The summed E-state index contributed by atoms with van der Waals surface area (Å²) in [7, 11) is 0. The number of nitrogens with zero attached hydrogens (tertiary/aromatic N) is 3. The van der Waals surface area contributed by atoms with Gasteiger partial charge in [0.05, 0.1) is 26.9 Å². The average Bonchev–Trinajstić information content (AvgIpc) is 3.32. The number of aliphatic hydroxyl groups is 1. The molecule has 10 heteroatoms. The van der Waals surface area contributed by atoms with E-state index in [0.29, 0.717) is 21.3 Å². The van der Waals surface area contributed by atoms with E-state index in [2.05, 4.69) is 25.9 Å². The van der Waals surface area contributed by atoms with Crippen LogP contribution < -0.4 is 4.90 Å². The van der Waals surface area contributed by atoms with Crippen LogP contribution in [0.3, 0.4) is 0 Å². The van der Waals surface area contributed by atoms with E-state index in [-0.39, 0.29) is 21.5 Å². The minimum absolute atomic E-state index is 0.0722. The second-order valence-corrected chi connectivity index (χ2v) is 9.52. The van der Waals surface area contributed by atoms with Gasteiger partial charge in [-0.15, -0.1) is 0 Å². The standard InChI is InChI=1S/C23H12BrClFN3O3S/c24-13-3-1-12(2-4-13)20(30)18-19(11-5-7-27-8-6-11)29(22(32)21(18)31)23-28-16-9-14(25)15(26)10-17(16)33-23/h1-10,19,30H/b20-18+. The number of carbonyl (C=O) groups is 2. The van der Waals surface area contributed by atoms with Gasteiger partial charge < -0.3 is 5.11 Å². The lowest BCUT2D eigenvalue weighted by Gasteiger charge is -2.22. The number of fused-ring (bicyclic) bond motifs is 1. The van der Waals surface area contributed by atoms with Gasteiger partial charge in [-0.25, -0.2) is 9.37 Å². The van der Waals surface area contributed by atoms with Crippen LogP contribution in [0.25, 0.3) is 16.0 Å². The fraction of sp³-hybridized carbons (Fsp3) is 0.0435. The fourth-order valence-electron chi connectivity index (χ4n) is 3.67. The number of aromatic nitrogens is 2. The third-order valence-corrected chi connectivity index (χ3v) is 7.04. The third kappa shape index (κ3) is 3.72. The topological polar surface area (TPSA) is 83.4 Å². The summed E-state index contributed by atoms with van der Waals surface area (Å²) in [6, 6.07) is 11.7. The molecule has 164 valence electrons. The first-order valence-electron chi connectivity index (χ1n) is 9.57. The summed E-state index contributed by atoms with van der Waals surface area (Å²) in [6.07, 6.45) is 3.06. The Morgan fingerprint density at radius 3 is 2.52 bits per heavy atom. The maximum absolute atomic E-state index is 14.0. The van der Waals surface area contributed by atoms with Crippen LogP contribution in [0, 0.1) is 5.82 Å². The number of rotatable bonds is 3. The van der Waals surface area contributed by atoms with Gasteiger partial charge in [0.15, 0.2) is 5.13 Å². The molecule has 0 saturated carbocycles. The van der Waals surface area contributed by atoms with E-state index in [4.69, 9.17) is 11.6 Å². The molecule has 0 spiro atoms. The lowest BCUT2D eigenvalue weighted by molar-refractivity contribution is -0.132.